The molecule has 2 amide bonds. The number of rotatable bonds is 5. The molecular formula is C18H22N2O3. The van der Waals surface area contributed by atoms with Gasteiger partial charge in [-0.2, -0.15) is 5.06 Å². The molecule has 5 nitrogen and oxygen atoms in total. The Bertz CT molecular complexity index is 670. The molecule has 0 radical (unpaired) electrons. The van der Waals surface area contributed by atoms with Crippen molar-refractivity contribution >= 4 is 6.03 Å². The second-order valence-corrected chi connectivity index (χ2v) is 5.54. The number of aryl methyl sites for hydroxylation is 1. The Balaban J connectivity index is 2.08. The highest BCUT2D eigenvalue weighted by molar-refractivity contribution is 5.71. The van der Waals surface area contributed by atoms with Crippen LogP contribution in [0, 0.1) is 6.92 Å². The number of carbonyl (C=O) groups excluding carboxylic acids is 1. The van der Waals surface area contributed by atoms with Gasteiger partial charge in [0.25, 0.3) is 0 Å². The number of urea groups is 1. The fourth-order valence-electron chi connectivity index (χ4n) is 2.47. The van der Waals surface area contributed by atoms with Crippen LogP contribution >= 0.6 is 0 Å². The Labute approximate surface area is 136 Å². The highest BCUT2D eigenvalue weighted by Crippen LogP contribution is 2.26. The fraction of sp³-hybridized carbons (Fsp3) is 0.278. The maximum atomic E-state index is 11.0. The first kappa shape index (κ1) is 16.8. The average Bonchev–Trinajstić information content (AvgIpc) is 2.54. The van der Waals surface area contributed by atoms with Crippen LogP contribution in [0.15, 0.2) is 48.5 Å². The van der Waals surface area contributed by atoms with Crippen LogP contribution in [0.4, 0.5) is 4.79 Å². The zero-order valence-corrected chi connectivity index (χ0v) is 13.6. The molecule has 122 valence electrons. The van der Waals surface area contributed by atoms with E-state index in [2.05, 4.69) is 13.0 Å². The van der Waals surface area contributed by atoms with E-state index in [0.29, 0.717) is 5.06 Å². The molecule has 3 N–H and O–H groups in total. The molecule has 2 aromatic rings. The number of amides is 2. The molecule has 0 fully saturated rings. The summed E-state index contributed by atoms with van der Waals surface area (Å²) in [7, 11) is 0. The SMILES string of the molecule is Cc1ccccc1C(C)Oc1ccc(C(C)N(O)C(N)=O)cc1. The molecule has 0 heterocycles. The van der Waals surface area contributed by atoms with Gasteiger partial charge in [0, 0.05) is 0 Å². The molecule has 2 aromatic carbocycles. The Morgan fingerprint density at radius 2 is 1.74 bits per heavy atom. The molecule has 0 spiro atoms. The lowest BCUT2D eigenvalue weighted by atomic mass is 10.0. The second kappa shape index (κ2) is 7.15. The standard InChI is InChI=1S/C18H22N2O3/c1-12-6-4-5-7-17(12)14(3)23-16-10-8-15(9-11-16)13(2)20(22)18(19)21/h4-11,13-14,22H,1-3H3,(H2,19,21). The van der Waals surface area contributed by atoms with Gasteiger partial charge < -0.3 is 10.5 Å². The van der Waals surface area contributed by atoms with E-state index in [-0.39, 0.29) is 6.10 Å². The number of carbonyl (C=O) groups is 1. The van der Waals surface area contributed by atoms with Crippen LogP contribution in [0.25, 0.3) is 0 Å². The number of hydrogen-bond donors (Lipinski definition) is 2. The third-order valence-electron chi connectivity index (χ3n) is 3.89. The average molecular weight is 314 g/mol. The van der Waals surface area contributed by atoms with Crippen LogP contribution in [0.2, 0.25) is 0 Å². The predicted molar refractivity (Wildman–Crippen MR) is 88.3 cm³/mol. The third kappa shape index (κ3) is 4.02. The predicted octanol–water partition coefficient (Wildman–Crippen LogP) is 3.97. The van der Waals surface area contributed by atoms with E-state index >= 15 is 0 Å². The van der Waals surface area contributed by atoms with Crippen LogP contribution in [-0.2, 0) is 0 Å². The number of nitrogens with zero attached hydrogens (tertiary/aromatic N) is 1. The lowest BCUT2D eigenvalue weighted by molar-refractivity contribution is -0.0710. The summed E-state index contributed by atoms with van der Waals surface area (Å²) < 4.78 is 5.96. The van der Waals surface area contributed by atoms with Gasteiger partial charge in [-0.05, 0) is 49.6 Å². The zero-order chi connectivity index (χ0) is 17.0. The number of ether oxygens (including phenoxy) is 1. The summed E-state index contributed by atoms with van der Waals surface area (Å²) in [6, 6.07) is 13.9. The minimum Gasteiger partial charge on any atom is -0.486 e. The molecule has 0 aromatic heterocycles. The highest BCUT2D eigenvalue weighted by Gasteiger charge is 2.17. The first-order chi connectivity index (χ1) is 10.9. The molecule has 5 heteroatoms. The van der Waals surface area contributed by atoms with Crippen molar-refractivity contribution in [3.63, 3.8) is 0 Å². The van der Waals surface area contributed by atoms with Crippen molar-refractivity contribution in [2.75, 3.05) is 0 Å². The molecule has 0 aliphatic carbocycles. The fourth-order valence-corrected chi connectivity index (χ4v) is 2.47. The van der Waals surface area contributed by atoms with Crippen molar-refractivity contribution in [2.45, 2.75) is 32.9 Å². The van der Waals surface area contributed by atoms with Crippen molar-refractivity contribution in [3.05, 3.63) is 65.2 Å². The van der Waals surface area contributed by atoms with E-state index in [4.69, 9.17) is 10.5 Å². The minimum atomic E-state index is -0.883. The molecule has 2 unspecified atom stereocenters. The molecule has 0 saturated heterocycles. The summed E-state index contributed by atoms with van der Waals surface area (Å²) in [4.78, 5) is 11.0. The van der Waals surface area contributed by atoms with Crippen molar-refractivity contribution in [1.29, 1.82) is 0 Å². The quantitative estimate of drug-likeness (QED) is 0.647. The van der Waals surface area contributed by atoms with E-state index in [0.717, 1.165) is 16.9 Å². The summed E-state index contributed by atoms with van der Waals surface area (Å²) in [5.74, 6) is 0.722. The van der Waals surface area contributed by atoms with E-state index < -0.39 is 12.1 Å². The molecule has 0 aliphatic heterocycles. The lowest BCUT2D eigenvalue weighted by Gasteiger charge is -2.21. The monoisotopic (exact) mass is 314 g/mol. The third-order valence-corrected chi connectivity index (χ3v) is 3.89. The largest absolute Gasteiger partial charge is 0.486 e. The topological polar surface area (TPSA) is 75.8 Å². The second-order valence-electron chi connectivity index (χ2n) is 5.54. The van der Waals surface area contributed by atoms with E-state index in [9.17, 15) is 10.0 Å². The normalized spacial score (nSPS) is 13.2. The van der Waals surface area contributed by atoms with Crippen LogP contribution in [0.3, 0.4) is 0 Å². The van der Waals surface area contributed by atoms with Gasteiger partial charge in [0.05, 0.1) is 6.04 Å². The smallest absolute Gasteiger partial charge is 0.339 e. The summed E-state index contributed by atoms with van der Waals surface area (Å²) in [5, 5.41) is 10.1. The molecule has 0 aliphatic rings. The van der Waals surface area contributed by atoms with Gasteiger partial charge in [-0.25, -0.2) is 4.79 Å². The van der Waals surface area contributed by atoms with Crippen molar-refractivity contribution in [2.24, 2.45) is 5.73 Å². The molecule has 2 rings (SSSR count). The Kier molecular flexibility index (Phi) is 5.24. The molecule has 0 bridgehead atoms. The molecule has 23 heavy (non-hydrogen) atoms. The number of hydroxylamine groups is 2. The van der Waals surface area contributed by atoms with Gasteiger partial charge >= 0.3 is 6.03 Å². The molecule has 0 saturated carbocycles. The summed E-state index contributed by atoms with van der Waals surface area (Å²) in [6.45, 7) is 5.75. The zero-order valence-electron chi connectivity index (χ0n) is 13.6. The number of primary amides is 1. The van der Waals surface area contributed by atoms with E-state index in [1.165, 1.54) is 5.56 Å². The van der Waals surface area contributed by atoms with Gasteiger partial charge in [-0.1, -0.05) is 36.4 Å². The van der Waals surface area contributed by atoms with Crippen molar-refractivity contribution in [1.82, 2.24) is 5.06 Å². The minimum absolute atomic E-state index is 0.0700. The van der Waals surface area contributed by atoms with Gasteiger partial charge in [-0.15, -0.1) is 0 Å². The number of hydrogen-bond acceptors (Lipinski definition) is 3. The summed E-state index contributed by atoms with van der Waals surface area (Å²) in [5.41, 5.74) is 8.15. The molecule has 2 atom stereocenters. The molecular weight excluding hydrogens is 292 g/mol. The lowest BCUT2D eigenvalue weighted by Crippen LogP contribution is -2.34. The Morgan fingerprint density at radius 3 is 2.30 bits per heavy atom. The first-order valence-corrected chi connectivity index (χ1v) is 7.50. The van der Waals surface area contributed by atoms with Gasteiger partial charge in [-0.3, -0.25) is 5.21 Å². The van der Waals surface area contributed by atoms with E-state index in [1.54, 1.807) is 19.1 Å². The highest BCUT2D eigenvalue weighted by atomic mass is 16.5. The van der Waals surface area contributed by atoms with Crippen LogP contribution in [0.1, 0.15) is 42.7 Å². The number of benzene rings is 2. The first-order valence-electron chi connectivity index (χ1n) is 7.50. The summed E-state index contributed by atoms with van der Waals surface area (Å²) >= 11 is 0. The Hall–Kier alpha value is -2.53. The number of nitrogens with two attached hydrogens (primary N) is 1. The van der Waals surface area contributed by atoms with Crippen molar-refractivity contribution in [3.8, 4) is 5.75 Å². The van der Waals surface area contributed by atoms with Gasteiger partial charge in [0.15, 0.2) is 0 Å². The van der Waals surface area contributed by atoms with E-state index in [1.807, 2.05) is 37.3 Å². The van der Waals surface area contributed by atoms with Gasteiger partial charge in [0.2, 0.25) is 0 Å². The van der Waals surface area contributed by atoms with Crippen molar-refractivity contribution < 1.29 is 14.7 Å². The van der Waals surface area contributed by atoms with Crippen LogP contribution < -0.4 is 10.5 Å². The summed E-state index contributed by atoms with van der Waals surface area (Å²) in [6.07, 6.45) is -0.0700. The van der Waals surface area contributed by atoms with Gasteiger partial charge in [0.1, 0.15) is 11.9 Å². The van der Waals surface area contributed by atoms with Crippen LogP contribution in [-0.4, -0.2) is 16.3 Å². The Morgan fingerprint density at radius 1 is 1.13 bits per heavy atom. The maximum absolute atomic E-state index is 11.0. The maximum Gasteiger partial charge on any atom is 0.339 e. The van der Waals surface area contributed by atoms with Crippen LogP contribution in [0.5, 0.6) is 5.75 Å².